The lowest BCUT2D eigenvalue weighted by Crippen LogP contribution is -2.29. The van der Waals surface area contributed by atoms with Crippen LogP contribution in [0.5, 0.6) is 5.75 Å². The lowest BCUT2D eigenvalue weighted by atomic mass is 10.1. The van der Waals surface area contributed by atoms with Crippen LogP contribution >= 0.6 is 0 Å². The molecule has 0 aliphatic heterocycles. The second-order valence-corrected chi connectivity index (χ2v) is 9.49. The summed E-state index contributed by atoms with van der Waals surface area (Å²) in [5.74, 6) is 0.849. The van der Waals surface area contributed by atoms with Crippen LogP contribution in [0.2, 0.25) is 19.6 Å². The van der Waals surface area contributed by atoms with Gasteiger partial charge < -0.3 is 9.53 Å². The molecule has 0 radical (unpaired) electrons. The summed E-state index contributed by atoms with van der Waals surface area (Å²) in [6.45, 7) is 8.65. The summed E-state index contributed by atoms with van der Waals surface area (Å²) in [6.07, 6.45) is 2.18. The Labute approximate surface area is 99.4 Å². The summed E-state index contributed by atoms with van der Waals surface area (Å²) in [7, 11) is -1.59. The molecule has 0 heterocycles. The molecule has 1 N–H and O–H groups in total. The van der Waals surface area contributed by atoms with Crippen molar-refractivity contribution in [3.05, 3.63) is 29.3 Å². The highest BCUT2D eigenvalue weighted by molar-refractivity contribution is 6.70. The molecule has 1 rings (SSSR count). The summed E-state index contributed by atoms with van der Waals surface area (Å²) < 4.78 is 5.94. The van der Waals surface area contributed by atoms with Gasteiger partial charge in [-0.1, -0.05) is 19.4 Å². The van der Waals surface area contributed by atoms with E-state index in [9.17, 15) is 5.11 Å². The number of hydrogen-bond donors (Lipinski definition) is 1. The predicted octanol–water partition coefficient (Wildman–Crippen LogP) is 3.35. The van der Waals surface area contributed by atoms with Gasteiger partial charge >= 0.3 is 0 Å². The van der Waals surface area contributed by atoms with E-state index >= 15 is 0 Å². The third-order valence-electron chi connectivity index (χ3n) is 2.25. The first kappa shape index (κ1) is 13.3. The molecule has 0 saturated heterocycles. The van der Waals surface area contributed by atoms with Crippen molar-refractivity contribution in [1.82, 2.24) is 0 Å². The van der Waals surface area contributed by atoms with Crippen molar-refractivity contribution in [2.75, 3.05) is 0 Å². The molecule has 0 fully saturated rings. The van der Waals surface area contributed by atoms with Crippen LogP contribution in [0.3, 0.4) is 0 Å². The van der Waals surface area contributed by atoms with E-state index in [1.807, 2.05) is 6.07 Å². The van der Waals surface area contributed by atoms with Crippen molar-refractivity contribution >= 4 is 8.32 Å². The van der Waals surface area contributed by atoms with Gasteiger partial charge in [0.25, 0.3) is 0 Å². The Hall–Kier alpha value is -0.803. The van der Waals surface area contributed by atoms with Crippen molar-refractivity contribution < 1.29 is 9.53 Å². The van der Waals surface area contributed by atoms with Gasteiger partial charge in [0, 0.05) is 5.56 Å². The van der Waals surface area contributed by atoms with Gasteiger partial charge in [-0.25, -0.2) is 0 Å². The Morgan fingerprint density at radius 2 is 1.94 bits per heavy atom. The first-order chi connectivity index (χ1) is 7.46. The van der Waals surface area contributed by atoms with Crippen LogP contribution in [-0.2, 0) is 13.0 Å². The number of hydrogen-bond acceptors (Lipinski definition) is 2. The van der Waals surface area contributed by atoms with E-state index in [4.69, 9.17) is 4.43 Å². The van der Waals surface area contributed by atoms with Gasteiger partial charge in [0.15, 0.2) is 0 Å². The minimum Gasteiger partial charge on any atom is -0.544 e. The highest BCUT2D eigenvalue weighted by atomic mass is 28.4. The molecule has 0 bridgehead atoms. The highest BCUT2D eigenvalue weighted by Crippen LogP contribution is 2.24. The zero-order chi connectivity index (χ0) is 12.2. The van der Waals surface area contributed by atoms with Crippen molar-refractivity contribution in [3.63, 3.8) is 0 Å². The normalized spacial score (nSPS) is 11.6. The maximum Gasteiger partial charge on any atom is 0.242 e. The number of benzene rings is 1. The van der Waals surface area contributed by atoms with Crippen molar-refractivity contribution in [1.29, 1.82) is 0 Å². The fourth-order valence-corrected chi connectivity index (χ4v) is 2.49. The summed E-state index contributed by atoms with van der Waals surface area (Å²) in [5.41, 5.74) is 2.18. The fraction of sp³-hybridized carbons (Fsp3) is 0.538. The summed E-state index contributed by atoms with van der Waals surface area (Å²) >= 11 is 0. The zero-order valence-electron chi connectivity index (χ0n) is 10.7. The standard InChI is InChI=1S/C13H22O2Si/c1-5-6-11-7-8-13(12(9-11)10-14)15-16(2,3)4/h7-9,14H,5-6,10H2,1-4H3. The average Bonchev–Trinajstić information content (AvgIpc) is 2.18. The Morgan fingerprint density at radius 3 is 2.44 bits per heavy atom. The largest absolute Gasteiger partial charge is 0.544 e. The van der Waals surface area contributed by atoms with Crippen molar-refractivity contribution in [3.8, 4) is 5.75 Å². The van der Waals surface area contributed by atoms with Gasteiger partial charge in [-0.15, -0.1) is 0 Å². The first-order valence-corrected chi connectivity index (χ1v) is 9.28. The van der Waals surface area contributed by atoms with Crippen LogP contribution in [0, 0.1) is 0 Å². The van der Waals surface area contributed by atoms with E-state index in [2.05, 4.69) is 38.7 Å². The molecule has 0 spiro atoms. The summed E-state index contributed by atoms with van der Waals surface area (Å²) in [5, 5.41) is 9.34. The Morgan fingerprint density at radius 1 is 1.25 bits per heavy atom. The van der Waals surface area contributed by atoms with Crippen LogP contribution in [-0.4, -0.2) is 13.4 Å². The maximum absolute atomic E-state index is 9.34. The van der Waals surface area contributed by atoms with Crippen molar-refractivity contribution in [2.24, 2.45) is 0 Å². The molecule has 16 heavy (non-hydrogen) atoms. The lowest BCUT2D eigenvalue weighted by molar-refractivity contribution is 0.278. The minimum atomic E-state index is -1.59. The zero-order valence-corrected chi connectivity index (χ0v) is 11.7. The molecule has 0 unspecified atom stereocenters. The molecule has 0 aromatic heterocycles. The third kappa shape index (κ3) is 3.98. The molecule has 1 aromatic rings. The molecular formula is C13H22O2Si. The Bertz CT molecular complexity index is 342. The molecule has 0 aliphatic carbocycles. The second-order valence-electron chi connectivity index (χ2n) is 5.06. The summed E-state index contributed by atoms with van der Waals surface area (Å²) in [4.78, 5) is 0. The number of aliphatic hydroxyl groups is 1. The third-order valence-corrected chi connectivity index (χ3v) is 3.08. The smallest absolute Gasteiger partial charge is 0.242 e. The van der Waals surface area contributed by atoms with Gasteiger partial charge in [0.1, 0.15) is 5.75 Å². The van der Waals surface area contributed by atoms with E-state index in [0.717, 1.165) is 24.2 Å². The van der Waals surface area contributed by atoms with E-state index in [1.54, 1.807) is 0 Å². The molecule has 0 amide bonds. The number of aryl methyl sites for hydroxylation is 1. The van der Waals surface area contributed by atoms with Gasteiger partial charge in [-0.3, -0.25) is 0 Å². The van der Waals surface area contributed by atoms with E-state index in [0.29, 0.717) is 0 Å². The topological polar surface area (TPSA) is 29.5 Å². The van der Waals surface area contributed by atoms with Crippen LogP contribution < -0.4 is 4.43 Å². The van der Waals surface area contributed by atoms with Gasteiger partial charge in [-0.2, -0.15) is 0 Å². The van der Waals surface area contributed by atoms with Gasteiger partial charge in [-0.05, 0) is 43.8 Å². The first-order valence-electron chi connectivity index (χ1n) is 5.88. The minimum absolute atomic E-state index is 0.0529. The van der Waals surface area contributed by atoms with Crippen LogP contribution in [0.4, 0.5) is 0 Å². The van der Waals surface area contributed by atoms with Crippen LogP contribution in [0.15, 0.2) is 18.2 Å². The SMILES string of the molecule is CCCc1ccc(O[Si](C)(C)C)c(CO)c1. The molecule has 0 aliphatic rings. The number of rotatable bonds is 5. The molecule has 0 saturated carbocycles. The molecular weight excluding hydrogens is 216 g/mol. The average molecular weight is 238 g/mol. The molecule has 90 valence electrons. The van der Waals surface area contributed by atoms with E-state index in [1.165, 1.54) is 5.56 Å². The second kappa shape index (κ2) is 5.50. The highest BCUT2D eigenvalue weighted by Gasteiger charge is 2.18. The quantitative estimate of drug-likeness (QED) is 0.797. The molecule has 2 nitrogen and oxygen atoms in total. The Balaban J connectivity index is 2.93. The van der Waals surface area contributed by atoms with E-state index in [-0.39, 0.29) is 6.61 Å². The monoisotopic (exact) mass is 238 g/mol. The van der Waals surface area contributed by atoms with Gasteiger partial charge in [0.2, 0.25) is 8.32 Å². The molecule has 3 heteroatoms. The lowest BCUT2D eigenvalue weighted by Gasteiger charge is -2.21. The molecule has 0 atom stereocenters. The fourth-order valence-electron chi connectivity index (χ4n) is 1.63. The number of aliphatic hydroxyl groups excluding tert-OH is 1. The molecule has 1 aromatic carbocycles. The van der Waals surface area contributed by atoms with Crippen LogP contribution in [0.25, 0.3) is 0 Å². The Kier molecular flexibility index (Phi) is 4.56. The van der Waals surface area contributed by atoms with Gasteiger partial charge in [0.05, 0.1) is 6.61 Å². The summed E-state index contributed by atoms with van der Waals surface area (Å²) in [6, 6.07) is 6.14. The predicted molar refractivity (Wildman–Crippen MR) is 70.3 cm³/mol. The maximum atomic E-state index is 9.34. The van der Waals surface area contributed by atoms with Crippen LogP contribution in [0.1, 0.15) is 24.5 Å². The van der Waals surface area contributed by atoms with Crippen molar-refractivity contribution in [2.45, 2.75) is 46.0 Å². The van der Waals surface area contributed by atoms with E-state index < -0.39 is 8.32 Å².